The fourth-order valence-corrected chi connectivity index (χ4v) is 4.36. The molecule has 0 aliphatic carbocycles. The SMILES string of the molecule is O=C(Cn1c2ccccc2c(=O)c2ccccc21)Nc1cc(-c2ccoc2)nn1-c1ccccc1. The van der Waals surface area contributed by atoms with E-state index in [1.165, 1.54) is 0 Å². The van der Waals surface area contributed by atoms with Crippen molar-refractivity contribution >= 4 is 33.5 Å². The molecule has 6 aromatic rings. The lowest BCUT2D eigenvalue weighted by Crippen LogP contribution is -2.22. The number of carbonyl (C=O) groups is 1. The number of furan rings is 1. The van der Waals surface area contributed by atoms with Crippen molar-refractivity contribution in [3.8, 4) is 16.9 Å². The third kappa shape index (κ3) is 3.69. The fraction of sp³-hybridized carbons (Fsp3) is 0.0357. The number of hydrogen-bond acceptors (Lipinski definition) is 4. The van der Waals surface area contributed by atoms with E-state index in [1.807, 2.05) is 83.4 Å². The number of fused-ring (bicyclic) bond motifs is 2. The van der Waals surface area contributed by atoms with Gasteiger partial charge in [-0.2, -0.15) is 5.10 Å². The van der Waals surface area contributed by atoms with Crippen LogP contribution in [0.5, 0.6) is 0 Å². The summed E-state index contributed by atoms with van der Waals surface area (Å²) in [5, 5.41) is 8.86. The van der Waals surface area contributed by atoms with E-state index in [4.69, 9.17) is 4.42 Å². The summed E-state index contributed by atoms with van der Waals surface area (Å²) in [5.74, 6) is 0.298. The van der Waals surface area contributed by atoms with Gasteiger partial charge in [0.05, 0.1) is 34.9 Å². The molecule has 0 spiro atoms. The fourth-order valence-electron chi connectivity index (χ4n) is 4.36. The molecule has 0 unspecified atom stereocenters. The first-order chi connectivity index (χ1) is 17.2. The second kappa shape index (κ2) is 8.46. The van der Waals surface area contributed by atoms with Crippen molar-refractivity contribution in [2.45, 2.75) is 6.54 Å². The molecule has 0 saturated heterocycles. The van der Waals surface area contributed by atoms with Crippen LogP contribution >= 0.6 is 0 Å². The number of rotatable bonds is 5. The van der Waals surface area contributed by atoms with E-state index >= 15 is 0 Å². The van der Waals surface area contributed by atoms with Gasteiger partial charge < -0.3 is 14.3 Å². The highest BCUT2D eigenvalue weighted by molar-refractivity contribution is 5.97. The normalized spacial score (nSPS) is 11.2. The summed E-state index contributed by atoms with van der Waals surface area (Å²) >= 11 is 0. The maximum absolute atomic E-state index is 13.4. The van der Waals surface area contributed by atoms with Crippen molar-refractivity contribution in [2.24, 2.45) is 0 Å². The number of hydrogen-bond donors (Lipinski definition) is 1. The molecule has 7 heteroatoms. The lowest BCUT2D eigenvalue weighted by Gasteiger charge is -2.15. The Kier molecular flexibility index (Phi) is 5.00. The van der Waals surface area contributed by atoms with E-state index in [2.05, 4.69) is 10.4 Å². The minimum absolute atomic E-state index is 0.0301. The molecule has 0 saturated carbocycles. The molecule has 0 bridgehead atoms. The highest BCUT2D eigenvalue weighted by Crippen LogP contribution is 2.26. The Morgan fingerprint density at radius 1 is 0.857 bits per heavy atom. The Labute approximate surface area is 199 Å². The van der Waals surface area contributed by atoms with Crippen LogP contribution < -0.4 is 10.7 Å². The lowest BCUT2D eigenvalue weighted by molar-refractivity contribution is -0.116. The molecule has 6 rings (SSSR count). The summed E-state index contributed by atoms with van der Waals surface area (Å²) in [4.78, 5) is 26.4. The van der Waals surface area contributed by atoms with Crippen LogP contribution in [-0.2, 0) is 11.3 Å². The standard InChI is InChI=1S/C28H20N4O3/c33-27(17-31-24-12-6-4-10-21(24)28(34)22-11-5-7-13-25(22)31)29-26-16-23(19-14-15-35-18-19)30-32(26)20-8-2-1-3-9-20/h1-16,18H,17H2,(H,29,33). The molecule has 0 atom stereocenters. The van der Waals surface area contributed by atoms with Crippen LogP contribution in [-0.4, -0.2) is 20.3 Å². The van der Waals surface area contributed by atoms with Crippen molar-refractivity contribution in [3.05, 3.63) is 114 Å². The van der Waals surface area contributed by atoms with Crippen molar-refractivity contribution in [1.82, 2.24) is 14.3 Å². The van der Waals surface area contributed by atoms with Gasteiger partial charge in [-0.05, 0) is 42.5 Å². The highest BCUT2D eigenvalue weighted by Gasteiger charge is 2.17. The molecule has 1 amide bonds. The number of pyridine rings is 1. The summed E-state index contributed by atoms with van der Waals surface area (Å²) in [6, 6.07) is 27.9. The topological polar surface area (TPSA) is 82.1 Å². The van der Waals surface area contributed by atoms with Gasteiger partial charge in [0.2, 0.25) is 5.91 Å². The molecule has 0 fully saturated rings. The monoisotopic (exact) mass is 460 g/mol. The third-order valence-electron chi connectivity index (χ3n) is 5.98. The highest BCUT2D eigenvalue weighted by atomic mass is 16.3. The van der Waals surface area contributed by atoms with Crippen LogP contribution in [0.1, 0.15) is 0 Å². The molecule has 1 N–H and O–H groups in total. The number of aromatic nitrogens is 3. The Balaban J connectivity index is 1.41. The number of carbonyl (C=O) groups excluding carboxylic acids is 1. The number of nitrogens with one attached hydrogen (secondary N) is 1. The van der Waals surface area contributed by atoms with E-state index in [-0.39, 0.29) is 17.9 Å². The first-order valence-electron chi connectivity index (χ1n) is 11.2. The zero-order chi connectivity index (χ0) is 23.8. The first kappa shape index (κ1) is 20.7. The van der Waals surface area contributed by atoms with Crippen LogP contribution in [0.3, 0.4) is 0 Å². The molecule has 35 heavy (non-hydrogen) atoms. The molecule has 3 aromatic heterocycles. The number of anilines is 1. The summed E-state index contributed by atoms with van der Waals surface area (Å²) in [6.07, 6.45) is 3.20. The zero-order valence-corrected chi connectivity index (χ0v) is 18.6. The van der Waals surface area contributed by atoms with Crippen molar-refractivity contribution in [3.63, 3.8) is 0 Å². The second-order valence-electron chi connectivity index (χ2n) is 8.17. The smallest absolute Gasteiger partial charge is 0.245 e. The number of benzene rings is 3. The quantitative estimate of drug-likeness (QED) is 0.357. The van der Waals surface area contributed by atoms with Gasteiger partial charge in [0.25, 0.3) is 0 Å². The zero-order valence-electron chi connectivity index (χ0n) is 18.6. The largest absolute Gasteiger partial charge is 0.472 e. The van der Waals surface area contributed by atoms with Crippen molar-refractivity contribution < 1.29 is 9.21 Å². The molecule has 0 aliphatic rings. The van der Waals surface area contributed by atoms with E-state index in [0.29, 0.717) is 33.3 Å². The number of para-hydroxylation sites is 3. The van der Waals surface area contributed by atoms with Gasteiger partial charge >= 0.3 is 0 Å². The Hall–Kier alpha value is -4.91. The Morgan fingerprint density at radius 2 is 1.51 bits per heavy atom. The van der Waals surface area contributed by atoms with Gasteiger partial charge in [0.1, 0.15) is 12.4 Å². The second-order valence-corrected chi connectivity index (χ2v) is 8.17. The van der Waals surface area contributed by atoms with Crippen LogP contribution in [0.2, 0.25) is 0 Å². The minimum atomic E-state index is -0.236. The van der Waals surface area contributed by atoms with Gasteiger partial charge in [-0.1, -0.05) is 42.5 Å². The number of amides is 1. The summed E-state index contributed by atoms with van der Waals surface area (Å²) in [7, 11) is 0. The Bertz CT molecular complexity index is 1670. The average molecular weight is 460 g/mol. The predicted molar refractivity (Wildman–Crippen MR) is 136 cm³/mol. The summed E-state index contributed by atoms with van der Waals surface area (Å²) in [6.45, 7) is 0.0301. The molecule has 3 heterocycles. The van der Waals surface area contributed by atoms with Gasteiger partial charge in [0, 0.05) is 22.4 Å². The predicted octanol–water partition coefficient (Wildman–Crippen LogP) is 5.24. The molecule has 0 radical (unpaired) electrons. The van der Waals surface area contributed by atoms with Crippen LogP contribution in [0.25, 0.3) is 38.8 Å². The van der Waals surface area contributed by atoms with Crippen LogP contribution in [0, 0.1) is 0 Å². The summed E-state index contributed by atoms with van der Waals surface area (Å²) < 4.78 is 8.78. The maximum atomic E-state index is 13.4. The molecule has 3 aromatic carbocycles. The van der Waals surface area contributed by atoms with E-state index < -0.39 is 0 Å². The lowest BCUT2D eigenvalue weighted by atomic mass is 10.1. The number of nitrogens with zero attached hydrogens (tertiary/aromatic N) is 3. The van der Waals surface area contributed by atoms with Gasteiger partial charge in [-0.15, -0.1) is 0 Å². The van der Waals surface area contributed by atoms with Crippen molar-refractivity contribution in [1.29, 1.82) is 0 Å². The van der Waals surface area contributed by atoms with Crippen LogP contribution in [0.15, 0.2) is 113 Å². The molecular formula is C28H20N4O3. The minimum Gasteiger partial charge on any atom is -0.472 e. The maximum Gasteiger partial charge on any atom is 0.245 e. The van der Waals surface area contributed by atoms with E-state index in [1.54, 1.807) is 29.3 Å². The molecular weight excluding hydrogens is 440 g/mol. The average Bonchev–Trinajstić information content (AvgIpc) is 3.58. The third-order valence-corrected chi connectivity index (χ3v) is 5.98. The summed E-state index contributed by atoms with van der Waals surface area (Å²) in [5.41, 5.74) is 3.69. The van der Waals surface area contributed by atoms with E-state index in [9.17, 15) is 9.59 Å². The Morgan fingerprint density at radius 3 is 2.17 bits per heavy atom. The van der Waals surface area contributed by atoms with Crippen LogP contribution in [0.4, 0.5) is 5.82 Å². The van der Waals surface area contributed by atoms with E-state index in [0.717, 1.165) is 11.3 Å². The van der Waals surface area contributed by atoms with Gasteiger partial charge in [0.15, 0.2) is 5.43 Å². The van der Waals surface area contributed by atoms with Gasteiger partial charge in [-0.25, -0.2) is 4.68 Å². The van der Waals surface area contributed by atoms with Crippen molar-refractivity contribution in [2.75, 3.05) is 5.32 Å². The molecule has 170 valence electrons. The molecule has 7 nitrogen and oxygen atoms in total. The first-order valence-corrected chi connectivity index (χ1v) is 11.2. The van der Waals surface area contributed by atoms with Gasteiger partial charge in [-0.3, -0.25) is 9.59 Å². The molecule has 0 aliphatic heterocycles.